The number of nitrogens with one attached hydrogen (secondary N) is 1. The topological polar surface area (TPSA) is 55.1 Å². The van der Waals surface area contributed by atoms with Crippen LogP contribution in [0.3, 0.4) is 0 Å². The monoisotopic (exact) mass is 436 g/mol. The summed E-state index contributed by atoms with van der Waals surface area (Å²) in [5, 5.41) is 3.68. The van der Waals surface area contributed by atoms with Gasteiger partial charge in [0.2, 0.25) is 11.8 Å². The van der Waals surface area contributed by atoms with Crippen LogP contribution >= 0.6 is 23.4 Å². The summed E-state index contributed by atoms with van der Waals surface area (Å²) in [7, 11) is 0. The predicted molar refractivity (Wildman–Crippen MR) is 124 cm³/mol. The second kappa shape index (κ2) is 8.94. The Morgan fingerprint density at radius 2 is 1.90 bits per heavy atom. The number of halogens is 1. The first kappa shape index (κ1) is 20.5. The van der Waals surface area contributed by atoms with E-state index in [0.29, 0.717) is 16.7 Å². The van der Waals surface area contributed by atoms with Crippen LogP contribution in [-0.2, 0) is 11.2 Å². The van der Waals surface area contributed by atoms with Crippen LogP contribution < -0.4 is 5.32 Å². The molecule has 0 aliphatic rings. The Kier molecular flexibility index (Phi) is 6.11. The van der Waals surface area contributed by atoms with Gasteiger partial charge in [-0.1, -0.05) is 30.7 Å². The number of amides is 1. The van der Waals surface area contributed by atoms with Gasteiger partial charge in [-0.2, -0.15) is 0 Å². The lowest BCUT2D eigenvalue weighted by molar-refractivity contribution is -0.113. The number of hydrogen-bond acceptors (Lipinski definition) is 4. The van der Waals surface area contributed by atoms with Crippen LogP contribution in [0, 0.1) is 6.92 Å². The average Bonchev–Trinajstić information content (AvgIpc) is 3.18. The number of carbonyl (C=O) groups is 1. The second-order valence-electron chi connectivity index (χ2n) is 7.00. The van der Waals surface area contributed by atoms with E-state index in [0.717, 1.165) is 39.2 Å². The quantitative estimate of drug-likeness (QED) is 0.339. The summed E-state index contributed by atoms with van der Waals surface area (Å²) in [5.74, 6) is 0.790. The van der Waals surface area contributed by atoms with E-state index < -0.39 is 0 Å². The van der Waals surface area contributed by atoms with E-state index >= 15 is 0 Å². The molecule has 0 aliphatic carbocycles. The van der Waals surface area contributed by atoms with Crippen LogP contribution in [0.4, 0.5) is 5.69 Å². The van der Waals surface area contributed by atoms with Crippen molar-refractivity contribution in [1.29, 1.82) is 0 Å². The first-order chi connectivity index (χ1) is 14.5. The Morgan fingerprint density at radius 3 is 2.67 bits per heavy atom. The Bertz CT molecular complexity index is 1200. The van der Waals surface area contributed by atoms with Gasteiger partial charge in [0.1, 0.15) is 5.52 Å². The molecule has 0 unspecified atom stereocenters. The van der Waals surface area contributed by atoms with Gasteiger partial charge >= 0.3 is 0 Å². The summed E-state index contributed by atoms with van der Waals surface area (Å²) >= 11 is 7.37. The van der Waals surface area contributed by atoms with Crippen molar-refractivity contribution >= 4 is 46.1 Å². The minimum Gasteiger partial charge on any atom is -0.436 e. The van der Waals surface area contributed by atoms with E-state index in [1.165, 1.54) is 17.3 Å². The summed E-state index contributed by atoms with van der Waals surface area (Å²) in [6.07, 6.45) is 0.951. The number of benzene rings is 3. The number of rotatable bonds is 6. The predicted octanol–water partition coefficient (Wildman–Crippen LogP) is 6.75. The molecule has 4 nitrogen and oxygen atoms in total. The smallest absolute Gasteiger partial charge is 0.234 e. The molecule has 4 aromatic rings. The molecule has 0 spiro atoms. The number of carbonyl (C=O) groups excluding carboxylic acids is 1. The van der Waals surface area contributed by atoms with E-state index in [1.54, 1.807) is 0 Å². The molecule has 0 atom stereocenters. The summed E-state index contributed by atoms with van der Waals surface area (Å²) in [5.41, 5.74) is 5.38. The molecular weight excluding hydrogens is 416 g/mol. The molecule has 30 heavy (non-hydrogen) atoms. The fraction of sp³-hybridized carbons (Fsp3) is 0.167. The van der Waals surface area contributed by atoms with Crippen LogP contribution in [0.2, 0.25) is 5.02 Å². The average molecular weight is 437 g/mol. The number of oxazole rings is 1. The maximum Gasteiger partial charge on any atom is 0.234 e. The number of fused-ring (bicyclic) bond motifs is 1. The highest BCUT2D eigenvalue weighted by atomic mass is 35.5. The highest BCUT2D eigenvalue weighted by Crippen LogP contribution is 2.29. The zero-order chi connectivity index (χ0) is 21.1. The van der Waals surface area contributed by atoms with Crippen molar-refractivity contribution in [3.63, 3.8) is 0 Å². The molecule has 0 bridgehead atoms. The third kappa shape index (κ3) is 4.69. The molecule has 0 saturated carbocycles. The van der Waals surface area contributed by atoms with Gasteiger partial charge in [-0.25, -0.2) is 4.98 Å². The number of nitrogens with zero attached hydrogens (tertiary/aromatic N) is 1. The lowest BCUT2D eigenvalue weighted by Crippen LogP contribution is -2.14. The molecule has 1 aromatic heterocycles. The zero-order valence-corrected chi connectivity index (χ0v) is 18.3. The number of anilines is 1. The Balaban J connectivity index is 1.50. The molecule has 1 amide bonds. The second-order valence-corrected chi connectivity index (χ2v) is 8.48. The molecule has 152 valence electrons. The van der Waals surface area contributed by atoms with Gasteiger partial charge in [0, 0.05) is 21.2 Å². The zero-order valence-electron chi connectivity index (χ0n) is 16.7. The van der Waals surface area contributed by atoms with Crippen molar-refractivity contribution in [2.75, 3.05) is 11.1 Å². The van der Waals surface area contributed by atoms with Gasteiger partial charge in [0.25, 0.3) is 0 Å². The molecular formula is C24H21ClN2O2S. The van der Waals surface area contributed by atoms with Crippen LogP contribution in [-0.4, -0.2) is 16.6 Å². The number of aromatic nitrogens is 1. The Morgan fingerprint density at radius 1 is 1.10 bits per heavy atom. The normalized spacial score (nSPS) is 11.0. The molecule has 6 heteroatoms. The lowest BCUT2D eigenvalue weighted by Gasteiger charge is -2.09. The number of hydrogen-bond donors (Lipinski definition) is 1. The first-order valence-electron chi connectivity index (χ1n) is 9.70. The molecule has 1 heterocycles. The third-order valence-corrected chi connectivity index (χ3v) is 6.07. The Hall–Kier alpha value is -2.76. The maximum atomic E-state index is 12.5. The van der Waals surface area contributed by atoms with Gasteiger partial charge in [-0.3, -0.25) is 4.79 Å². The highest BCUT2D eigenvalue weighted by Gasteiger charge is 2.12. The van der Waals surface area contributed by atoms with Crippen LogP contribution in [0.1, 0.15) is 18.1 Å². The van der Waals surface area contributed by atoms with E-state index in [1.807, 2.05) is 61.5 Å². The van der Waals surface area contributed by atoms with Crippen LogP contribution in [0.15, 0.2) is 70.0 Å². The van der Waals surface area contributed by atoms with Crippen molar-refractivity contribution in [3.8, 4) is 11.5 Å². The maximum absolute atomic E-state index is 12.5. The van der Waals surface area contributed by atoms with Gasteiger partial charge in [-0.15, -0.1) is 11.8 Å². The molecule has 0 saturated heterocycles. The largest absolute Gasteiger partial charge is 0.436 e. The molecule has 3 aromatic carbocycles. The van der Waals surface area contributed by atoms with E-state index in [4.69, 9.17) is 16.0 Å². The third-order valence-electron chi connectivity index (χ3n) is 4.80. The molecule has 0 aliphatic heterocycles. The van der Waals surface area contributed by atoms with E-state index in [2.05, 4.69) is 23.3 Å². The Labute approximate surface area is 184 Å². The molecule has 4 rings (SSSR count). The van der Waals surface area contributed by atoms with E-state index in [-0.39, 0.29) is 5.91 Å². The fourth-order valence-corrected chi connectivity index (χ4v) is 3.90. The molecule has 1 N–H and O–H groups in total. The minimum atomic E-state index is -0.0691. The summed E-state index contributed by atoms with van der Waals surface area (Å²) in [6, 6.07) is 19.3. The van der Waals surface area contributed by atoms with Crippen LogP contribution in [0.25, 0.3) is 22.6 Å². The molecule has 0 radical (unpaired) electrons. The van der Waals surface area contributed by atoms with Crippen LogP contribution in [0.5, 0.6) is 0 Å². The summed E-state index contributed by atoms with van der Waals surface area (Å²) in [6.45, 7) is 4.08. The van der Waals surface area contributed by atoms with E-state index in [9.17, 15) is 4.79 Å². The minimum absolute atomic E-state index is 0.0691. The van der Waals surface area contributed by atoms with Crippen molar-refractivity contribution in [2.24, 2.45) is 0 Å². The molecule has 0 fully saturated rings. The highest BCUT2D eigenvalue weighted by molar-refractivity contribution is 8.00. The van der Waals surface area contributed by atoms with Gasteiger partial charge in [0.05, 0.1) is 5.75 Å². The standard InChI is InChI=1S/C24H21ClN2O2S/c1-3-16-5-11-22-21(12-16)27-24(29-22)17-6-4-15(2)20(13-17)26-23(28)14-30-19-9-7-18(25)8-10-19/h4-13H,3,14H2,1-2H3,(H,26,28). The van der Waals surface area contributed by atoms with Crippen molar-refractivity contribution in [3.05, 3.63) is 76.8 Å². The van der Waals surface area contributed by atoms with Crippen molar-refractivity contribution in [2.45, 2.75) is 25.2 Å². The SMILES string of the molecule is CCc1ccc2oc(-c3ccc(C)c(NC(=O)CSc4ccc(Cl)cc4)c3)nc2c1. The fourth-order valence-electron chi connectivity index (χ4n) is 3.07. The first-order valence-corrected chi connectivity index (χ1v) is 11.1. The lowest BCUT2D eigenvalue weighted by atomic mass is 10.1. The number of aryl methyl sites for hydroxylation is 2. The van der Waals surface area contributed by atoms with Crippen molar-refractivity contribution < 1.29 is 9.21 Å². The summed E-state index contributed by atoms with van der Waals surface area (Å²) < 4.78 is 5.93. The van der Waals surface area contributed by atoms with Gasteiger partial charge in [-0.05, 0) is 73.0 Å². The van der Waals surface area contributed by atoms with Gasteiger partial charge in [0.15, 0.2) is 5.58 Å². The number of thioether (sulfide) groups is 1. The van der Waals surface area contributed by atoms with Gasteiger partial charge < -0.3 is 9.73 Å². The van der Waals surface area contributed by atoms with Crippen molar-refractivity contribution in [1.82, 2.24) is 4.98 Å². The summed E-state index contributed by atoms with van der Waals surface area (Å²) in [4.78, 5) is 18.1.